The van der Waals surface area contributed by atoms with Crippen molar-refractivity contribution in [2.75, 3.05) is 0 Å². The zero-order chi connectivity index (χ0) is 42.9. The van der Waals surface area contributed by atoms with Crippen LogP contribution in [-0.4, -0.2) is 87.9 Å². The van der Waals surface area contributed by atoms with Gasteiger partial charge in [-0.15, -0.1) is 0 Å². The van der Waals surface area contributed by atoms with E-state index in [1.54, 1.807) is 0 Å². The Hall–Kier alpha value is 0.976. The van der Waals surface area contributed by atoms with Crippen LogP contribution in [0.1, 0.15) is 18.5 Å². The Morgan fingerprint density at radius 2 is 0.143 bits per heavy atom. The van der Waals surface area contributed by atoms with Gasteiger partial charge in [-0.25, -0.2) is 0 Å². The summed E-state index contributed by atoms with van der Waals surface area (Å²) in [6.45, 7) is 0. The van der Waals surface area contributed by atoms with Gasteiger partial charge in [0, 0.05) is 0 Å². The van der Waals surface area contributed by atoms with Crippen LogP contribution in [0.25, 0.3) is 0 Å². The Bertz CT molecular complexity index is 278. The van der Waals surface area contributed by atoms with Crippen molar-refractivity contribution < 1.29 is 251 Å². The molecule has 0 fully saturated rings. The van der Waals surface area contributed by atoms with Crippen LogP contribution in [0.5, 0.6) is 0 Å². The second kappa shape index (κ2) is 82.4. The Labute approximate surface area is 337 Å². The van der Waals surface area contributed by atoms with Gasteiger partial charge in [0.15, 0.2) is 0 Å². The van der Waals surface area contributed by atoms with Crippen LogP contribution in [0, 0.1) is 0 Å². The summed E-state index contributed by atoms with van der Waals surface area (Å²) in [5, 5.41) is 303. The van der Waals surface area contributed by atoms with Gasteiger partial charge in [0.05, 0.1) is 0 Å². The molecule has 0 unspecified atom stereocenters. The monoisotopic (exact) mass is 760 g/mol. The fourth-order valence-corrected chi connectivity index (χ4v) is 0. The minimum atomic E-state index is -2.92. The molecule has 49 heavy (non-hydrogen) atoms. The molecule has 0 radical (unpaired) electrons. The first kappa shape index (κ1) is 87.7. The molecule has 0 aromatic rings. The summed E-state index contributed by atoms with van der Waals surface area (Å²) in [7, 11) is -35.0. The molecule has 0 aliphatic carbocycles. The topological polar surface area (TPSA) is 830 Å². The molecule has 0 heterocycles. The van der Waals surface area contributed by atoms with Crippen LogP contribution < -0.4 is 232 Å². The standard InChI is InChI=1S/12BO3.K.H/c12*2-1(3)4;;/q12*-3;+1;-1/p+12. The van der Waals surface area contributed by atoms with Crippen molar-refractivity contribution in [3.05, 3.63) is 0 Å². The van der Waals surface area contributed by atoms with Crippen LogP contribution in [0.3, 0.4) is 0 Å². The third-order valence-electron chi connectivity index (χ3n) is 0. The number of hydrogen-bond acceptors (Lipinski definition) is 36. The summed E-state index contributed by atoms with van der Waals surface area (Å²) in [5.41, 5.74) is 0. The Kier molecular flexibility index (Phi) is 148. The SMILES string of the molecule is [H+].[H+].[H+].[H+].[H+].[H+].[H+].[H+].[H+].[H+].[H+].[H+].[H-].[K+].[O-]B([O-])[O-].[O-]B([O-])[O-].[O-]B([O-])[O-].[O-]B([O-])[O-].[O-]B([O-])[O-].[O-]B([O-])[O-].[O-]B([O-])[O-].[O-]B([O-])[O-].[O-]B([O-])[O-].[O-]B([O-])[O-].[O-]B([O-])[O-].[O-]B([O-])[O-]. The van der Waals surface area contributed by atoms with Crippen LogP contribution >= 0.6 is 0 Å². The summed E-state index contributed by atoms with van der Waals surface area (Å²) in [4.78, 5) is 0. The quantitative estimate of drug-likeness (QED) is 0.207. The minimum Gasteiger partial charge on any atom is -1.00 e. The van der Waals surface area contributed by atoms with E-state index in [0.717, 1.165) is 0 Å². The van der Waals surface area contributed by atoms with Crippen LogP contribution in [-0.2, 0) is 0 Å². The second-order valence-electron chi connectivity index (χ2n) is 3.46. The van der Waals surface area contributed by atoms with Crippen molar-refractivity contribution in [2.45, 2.75) is 0 Å². The van der Waals surface area contributed by atoms with E-state index in [4.69, 9.17) is 181 Å². The van der Waals surface area contributed by atoms with Crippen molar-refractivity contribution in [2.24, 2.45) is 0 Å². The fourth-order valence-electron chi connectivity index (χ4n) is 0. The van der Waals surface area contributed by atoms with Gasteiger partial charge in [0.25, 0.3) is 0 Å². The van der Waals surface area contributed by atoms with E-state index in [1.807, 2.05) is 0 Å². The summed E-state index contributed by atoms with van der Waals surface area (Å²) in [6.07, 6.45) is 0. The number of rotatable bonds is 0. The largest absolute Gasteiger partial charge is 1.00 e. The normalized spacial score (nSPS) is 6.61. The molecule has 0 N–H and O–H groups in total. The van der Waals surface area contributed by atoms with Crippen LogP contribution in [0.4, 0.5) is 0 Å². The van der Waals surface area contributed by atoms with Gasteiger partial charge in [-0.3, -0.25) is 87.9 Å². The zero-order valence-electron chi connectivity index (χ0n) is 35.6. The van der Waals surface area contributed by atoms with E-state index < -0.39 is 87.9 Å². The molecule has 49 heteroatoms. The van der Waals surface area contributed by atoms with Crippen molar-refractivity contribution in [1.82, 2.24) is 0 Å². The molecule has 0 spiro atoms. The summed E-state index contributed by atoms with van der Waals surface area (Å²) >= 11 is 0. The van der Waals surface area contributed by atoms with E-state index in [0.29, 0.717) is 0 Å². The maximum absolute atomic E-state index is 8.42. The van der Waals surface area contributed by atoms with Gasteiger partial charge >= 0.3 is 68.5 Å². The minimum absolute atomic E-state index is 0. The average Bonchev–Trinajstić information content (AvgIpc) is 2.61. The fraction of sp³-hybridized carbons (Fsp3) is 0. The molecule has 0 bridgehead atoms. The smallest absolute Gasteiger partial charge is 1.00 e. The van der Waals surface area contributed by atoms with Crippen molar-refractivity contribution in [1.29, 1.82) is 0 Å². The second-order valence-corrected chi connectivity index (χ2v) is 3.46. The molecule has 0 rings (SSSR count). The molecule has 0 amide bonds. The van der Waals surface area contributed by atoms with Crippen LogP contribution in [0.2, 0.25) is 0 Å². The third-order valence-corrected chi connectivity index (χ3v) is 0. The van der Waals surface area contributed by atoms with Crippen LogP contribution in [0.15, 0.2) is 0 Å². The summed E-state index contributed by atoms with van der Waals surface area (Å²) in [6, 6.07) is 0. The first-order chi connectivity index (χ1) is 20.8. The summed E-state index contributed by atoms with van der Waals surface area (Å²) in [5.74, 6) is 0. The van der Waals surface area contributed by atoms with E-state index in [-0.39, 0.29) is 69.9 Å². The van der Waals surface area contributed by atoms with Gasteiger partial charge < -0.3 is 182 Å². The molecule has 36 nitrogen and oxygen atoms in total. The number of hydrogen-bond donors (Lipinski definition) is 0. The summed E-state index contributed by atoms with van der Waals surface area (Å²) < 4.78 is 0. The maximum atomic E-state index is 8.42. The molecule has 0 aliphatic heterocycles. The Morgan fingerprint density at radius 1 is 0.143 bits per heavy atom. The molecule has 0 aliphatic rings. The van der Waals surface area contributed by atoms with Crippen molar-refractivity contribution >= 4 is 87.9 Å². The molecule has 0 atom stereocenters. The molecule has 0 saturated carbocycles. The predicted molar refractivity (Wildman–Crippen MR) is 83.5 cm³/mol. The molecule has 0 aromatic carbocycles. The van der Waals surface area contributed by atoms with Gasteiger partial charge in [-0.2, -0.15) is 0 Å². The average molecular weight is 758 g/mol. The van der Waals surface area contributed by atoms with E-state index >= 15 is 0 Å². The first-order valence-electron chi connectivity index (χ1n) is 8.49. The van der Waals surface area contributed by atoms with E-state index in [2.05, 4.69) is 0 Å². The van der Waals surface area contributed by atoms with E-state index in [9.17, 15) is 0 Å². The molecule has 0 saturated heterocycles. The van der Waals surface area contributed by atoms with Gasteiger partial charge in [0.2, 0.25) is 0 Å². The Morgan fingerprint density at radius 3 is 0.143 bits per heavy atom. The van der Waals surface area contributed by atoms with Gasteiger partial charge in [-0.1, -0.05) is 0 Å². The van der Waals surface area contributed by atoms with Crippen molar-refractivity contribution in [3.63, 3.8) is 0 Å². The molecule has 290 valence electrons. The molecule has 0 aromatic heterocycles. The molecular weight excluding hydrogens is 745 g/mol. The van der Waals surface area contributed by atoms with Gasteiger partial charge in [0.1, 0.15) is 0 Å². The van der Waals surface area contributed by atoms with E-state index in [1.165, 1.54) is 0 Å². The predicted octanol–water partition coefficient (Wildman–Crippen LogP) is -48.9. The maximum Gasteiger partial charge on any atom is 1.00 e. The van der Waals surface area contributed by atoms with Crippen molar-refractivity contribution in [3.8, 4) is 0 Å². The first-order valence-corrected chi connectivity index (χ1v) is 8.49. The third kappa shape index (κ3) is 114000. The zero-order valence-corrected chi connectivity index (χ0v) is 25.7. The molecular formula is H13B12KO36-24. The van der Waals surface area contributed by atoms with Gasteiger partial charge in [-0.05, 0) is 0 Å². The Balaban J connectivity index is -0.00000000931.